The summed E-state index contributed by atoms with van der Waals surface area (Å²) in [6.07, 6.45) is 2.63. The molecule has 0 unspecified atom stereocenters. The molecule has 0 fully saturated rings. The molecular weight excluding hydrogens is 512 g/mol. The molecule has 2 amide bonds. The fourth-order valence-corrected chi connectivity index (χ4v) is 5.55. The Balaban J connectivity index is 1.29. The number of hydrogen-bond donors (Lipinski definition) is 1. The Hall–Kier alpha value is -3.80. The Bertz CT molecular complexity index is 1500. The Morgan fingerprint density at radius 3 is 2.45 bits per heavy atom. The standard InChI is InChI=1S/C32H27ClN2O2S/c1-22-5-4-6-25(19-22)21-35-28-7-2-3-8-29(28)38-30(32(35)37)20-24-9-13-26(14-10-24)31(36)34-18-17-23-11-15-27(33)16-12-23/h2-16,19-20H,17-18,21H2,1H3,(H,34,36)/b30-20+. The van der Waals surface area contributed by atoms with E-state index in [4.69, 9.17) is 11.6 Å². The van der Waals surface area contributed by atoms with E-state index in [1.54, 1.807) is 12.1 Å². The molecule has 4 aromatic rings. The summed E-state index contributed by atoms with van der Waals surface area (Å²) in [5.74, 6) is -0.154. The van der Waals surface area contributed by atoms with E-state index < -0.39 is 0 Å². The van der Waals surface area contributed by atoms with Gasteiger partial charge in [0.2, 0.25) is 0 Å². The molecule has 4 aromatic carbocycles. The predicted octanol–water partition coefficient (Wildman–Crippen LogP) is 7.30. The van der Waals surface area contributed by atoms with Crippen molar-refractivity contribution >= 4 is 46.9 Å². The summed E-state index contributed by atoms with van der Waals surface area (Å²) < 4.78 is 0. The molecule has 0 saturated carbocycles. The number of fused-ring (bicyclic) bond motifs is 1. The van der Waals surface area contributed by atoms with E-state index in [1.807, 2.05) is 83.8 Å². The fraction of sp³-hybridized carbons (Fsp3) is 0.125. The van der Waals surface area contributed by atoms with Crippen LogP contribution in [-0.4, -0.2) is 18.4 Å². The van der Waals surface area contributed by atoms with Gasteiger partial charge in [-0.15, -0.1) is 0 Å². The van der Waals surface area contributed by atoms with E-state index >= 15 is 0 Å². The molecule has 6 heteroatoms. The molecule has 0 spiro atoms. The van der Waals surface area contributed by atoms with E-state index in [0.717, 1.165) is 33.7 Å². The number of para-hydroxylation sites is 1. The number of benzene rings is 4. The lowest BCUT2D eigenvalue weighted by atomic mass is 10.1. The van der Waals surface area contributed by atoms with Gasteiger partial charge in [-0.2, -0.15) is 0 Å². The number of nitrogens with one attached hydrogen (secondary N) is 1. The van der Waals surface area contributed by atoms with Crippen LogP contribution in [0.5, 0.6) is 0 Å². The highest BCUT2D eigenvalue weighted by molar-refractivity contribution is 8.04. The van der Waals surface area contributed by atoms with Gasteiger partial charge in [-0.1, -0.05) is 89.6 Å². The molecule has 4 nitrogen and oxygen atoms in total. The van der Waals surface area contributed by atoms with Crippen molar-refractivity contribution in [1.82, 2.24) is 5.32 Å². The maximum Gasteiger partial charge on any atom is 0.265 e. The third kappa shape index (κ3) is 6.18. The molecule has 0 saturated heterocycles. The molecule has 5 rings (SSSR count). The van der Waals surface area contributed by atoms with Gasteiger partial charge in [0.1, 0.15) is 0 Å². The van der Waals surface area contributed by atoms with Crippen molar-refractivity contribution < 1.29 is 9.59 Å². The number of aryl methyl sites for hydroxylation is 1. The van der Waals surface area contributed by atoms with E-state index in [-0.39, 0.29) is 11.8 Å². The molecule has 0 atom stereocenters. The number of rotatable bonds is 7. The molecule has 1 aliphatic rings. The predicted molar refractivity (Wildman–Crippen MR) is 157 cm³/mol. The Morgan fingerprint density at radius 1 is 0.921 bits per heavy atom. The molecule has 0 bridgehead atoms. The zero-order chi connectivity index (χ0) is 26.5. The number of nitrogens with zero attached hydrogens (tertiary/aromatic N) is 1. The van der Waals surface area contributed by atoms with Crippen LogP contribution >= 0.6 is 23.4 Å². The lowest BCUT2D eigenvalue weighted by Crippen LogP contribution is -2.33. The highest BCUT2D eigenvalue weighted by Crippen LogP contribution is 2.42. The summed E-state index contributed by atoms with van der Waals surface area (Å²) in [6, 6.07) is 31.2. The van der Waals surface area contributed by atoms with Gasteiger partial charge in [-0.25, -0.2) is 0 Å². The average Bonchev–Trinajstić information content (AvgIpc) is 2.92. The van der Waals surface area contributed by atoms with Crippen LogP contribution in [0.25, 0.3) is 6.08 Å². The first kappa shape index (κ1) is 25.8. The highest BCUT2D eigenvalue weighted by Gasteiger charge is 2.29. The first-order chi connectivity index (χ1) is 18.5. The number of carbonyl (C=O) groups is 2. The molecule has 190 valence electrons. The van der Waals surface area contributed by atoms with Gasteiger partial charge in [-0.3, -0.25) is 9.59 Å². The van der Waals surface area contributed by atoms with Crippen molar-refractivity contribution in [2.75, 3.05) is 11.4 Å². The van der Waals surface area contributed by atoms with E-state index in [2.05, 4.69) is 24.4 Å². The van der Waals surface area contributed by atoms with Gasteiger partial charge < -0.3 is 10.2 Å². The number of hydrogen-bond acceptors (Lipinski definition) is 3. The van der Waals surface area contributed by atoms with Crippen molar-refractivity contribution in [2.24, 2.45) is 0 Å². The molecule has 0 radical (unpaired) electrons. The van der Waals surface area contributed by atoms with Gasteiger partial charge in [0.25, 0.3) is 11.8 Å². The molecule has 0 aromatic heterocycles. The van der Waals surface area contributed by atoms with Crippen molar-refractivity contribution in [3.05, 3.63) is 135 Å². The first-order valence-electron chi connectivity index (χ1n) is 12.4. The number of carbonyl (C=O) groups excluding carboxylic acids is 2. The van der Waals surface area contributed by atoms with Gasteiger partial charge >= 0.3 is 0 Å². The van der Waals surface area contributed by atoms with E-state index in [1.165, 1.54) is 17.3 Å². The topological polar surface area (TPSA) is 49.4 Å². The number of anilines is 1. The highest BCUT2D eigenvalue weighted by atomic mass is 35.5. The first-order valence-corrected chi connectivity index (χ1v) is 13.6. The number of amides is 2. The summed E-state index contributed by atoms with van der Waals surface area (Å²) in [5, 5.41) is 3.66. The third-order valence-electron chi connectivity index (χ3n) is 6.34. The van der Waals surface area contributed by atoms with Crippen LogP contribution in [0, 0.1) is 6.92 Å². The lowest BCUT2D eigenvalue weighted by molar-refractivity contribution is -0.114. The average molecular weight is 539 g/mol. The normalized spacial score (nSPS) is 13.9. The minimum Gasteiger partial charge on any atom is -0.352 e. The van der Waals surface area contributed by atoms with E-state index in [0.29, 0.717) is 28.6 Å². The quantitative estimate of drug-likeness (QED) is 0.251. The van der Waals surface area contributed by atoms with E-state index in [9.17, 15) is 9.59 Å². The van der Waals surface area contributed by atoms with Crippen LogP contribution in [-0.2, 0) is 17.8 Å². The monoisotopic (exact) mass is 538 g/mol. The summed E-state index contributed by atoms with van der Waals surface area (Å²) in [6.45, 7) is 3.10. The second-order valence-electron chi connectivity index (χ2n) is 9.21. The maximum atomic E-state index is 13.6. The second-order valence-corrected chi connectivity index (χ2v) is 10.7. The van der Waals surface area contributed by atoms with Crippen LogP contribution in [0.15, 0.2) is 107 Å². The summed E-state index contributed by atoms with van der Waals surface area (Å²) in [5.41, 5.74) is 5.74. The summed E-state index contributed by atoms with van der Waals surface area (Å²) in [4.78, 5) is 29.7. The van der Waals surface area contributed by atoms with Crippen molar-refractivity contribution in [3.63, 3.8) is 0 Å². The Kier molecular flexibility index (Phi) is 7.97. The largest absolute Gasteiger partial charge is 0.352 e. The molecule has 1 heterocycles. The molecule has 1 N–H and O–H groups in total. The van der Waals surface area contributed by atoms with Crippen molar-refractivity contribution in [1.29, 1.82) is 0 Å². The maximum absolute atomic E-state index is 13.6. The number of thioether (sulfide) groups is 1. The van der Waals surface area contributed by atoms with Crippen molar-refractivity contribution in [2.45, 2.75) is 24.8 Å². The van der Waals surface area contributed by atoms with Crippen LogP contribution in [0.1, 0.15) is 32.6 Å². The van der Waals surface area contributed by atoms with Gasteiger partial charge in [0.15, 0.2) is 0 Å². The van der Waals surface area contributed by atoms with Crippen LogP contribution in [0.2, 0.25) is 5.02 Å². The van der Waals surface area contributed by atoms with Crippen LogP contribution in [0.4, 0.5) is 5.69 Å². The minimum atomic E-state index is -0.125. The zero-order valence-electron chi connectivity index (χ0n) is 21.0. The van der Waals surface area contributed by atoms with Crippen molar-refractivity contribution in [3.8, 4) is 0 Å². The van der Waals surface area contributed by atoms with Gasteiger partial charge in [0, 0.05) is 22.0 Å². The molecule has 0 aliphatic carbocycles. The number of halogens is 1. The Labute approximate surface area is 232 Å². The van der Waals surface area contributed by atoms with Gasteiger partial charge in [-0.05, 0) is 72.5 Å². The molecular formula is C32H27ClN2O2S. The SMILES string of the molecule is Cc1cccc(CN2C(=O)/C(=C\c3ccc(C(=O)NCCc4ccc(Cl)cc4)cc3)Sc3ccccc32)c1. The second kappa shape index (κ2) is 11.7. The zero-order valence-corrected chi connectivity index (χ0v) is 22.6. The lowest BCUT2D eigenvalue weighted by Gasteiger charge is -2.30. The van der Waals surface area contributed by atoms with Crippen LogP contribution < -0.4 is 10.2 Å². The Morgan fingerprint density at radius 2 is 1.68 bits per heavy atom. The third-order valence-corrected chi connectivity index (χ3v) is 7.67. The summed E-state index contributed by atoms with van der Waals surface area (Å²) >= 11 is 7.41. The van der Waals surface area contributed by atoms with Gasteiger partial charge in [0.05, 0.1) is 17.1 Å². The smallest absolute Gasteiger partial charge is 0.265 e. The summed E-state index contributed by atoms with van der Waals surface area (Å²) in [7, 11) is 0. The molecule has 1 aliphatic heterocycles. The minimum absolute atomic E-state index is 0.0285. The fourth-order valence-electron chi connectivity index (χ4n) is 4.37. The van der Waals surface area contributed by atoms with Crippen LogP contribution in [0.3, 0.4) is 0 Å². The molecule has 38 heavy (non-hydrogen) atoms.